The van der Waals surface area contributed by atoms with Crippen LogP contribution in [0.15, 0.2) is 6.20 Å². The van der Waals surface area contributed by atoms with Crippen LogP contribution in [0.4, 0.5) is 0 Å². The topological polar surface area (TPSA) is 404 Å². The van der Waals surface area contributed by atoms with Gasteiger partial charge in [0.15, 0.2) is 0 Å². The van der Waals surface area contributed by atoms with Crippen molar-refractivity contribution < 1.29 is 116 Å². The zero-order valence-corrected chi connectivity index (χ0v) is 38.1. The third kappa shape index (κ3) is 25.2. The molecule has 28 nitrogen and oxygen atoms in total. The number of phosphoric ester groups is 3. The Morgan fingerprint density at radius 3 is 1.53 bits per heavy atom. The van der Waals surface area contributed by atoms with Crippen LogP contribution in [0.3, 0.4) is 0 Å². The normalized spacial score (nSPS) is 24.5. The van der Waals surface area contributed by atoms with Crippen LogP contribution in [0.1, 0.15) is 89.7 Å². The fourth-order valence-corrected chi connectivity index (χ4v) is 13.3. The molecule has 348 valence electrons. The van der Waals surface area contributed by atoms with Gasteiger partial charge in [0.25, 0.3) is 0 Å². The minimum atomic E-state index is -6.38. The maximum absolute atomic E-state index is 12.1. The van der Waals surface area contributed by atoms with Crippen molar-refractivity contribution in [2.24, 2.45) is 0 Å². The molecular weight excluding hydrogens is 947 g/mol. The summed E-state index contributed by atoms with van der Waals surface area (Å²) in [6.45, 7) is 1.00. The smallest absolute Gasteiger partial charge is 0.390 e. The highest BCUT2D eigenvalue weighted by molar-refractivity contribution is 7.72. The van der Waals surface area contributed by atoms with Gasteiger partial charge in [0, 0.05) is 26.3 Å². The van der Waals surface area contributed by atoms with Crippen LogP contribution in [-0.2, 0) is 89.3 Å². The number of hydrogen-bond donors (Lipinski definition) is 8. The molecule has 1 aliphatic rings. The molecular formula is C24H52N3O25P7. The van der Waals surface area contributed by atoms with Crippen molar-refractivity contribution in [3.05, 3.63) is 11.9 Å². The minimum absolute atomic E-state index is 0.0880. The van der Waals surface area contributed by atoms with Gasteiger partial charge in [-0.1, -0.05) is 50.2 Å². The molecule has 0 amide bonds. The molecule has 0 aliphatic carbocycles. The average molecular weight is 999 g/mol. The third-order valence-corrected chi connectivity index (χ3v) is 17.7. The summed E-state index contributed by atoms with van der Waals surface area (Å²) in [5.41, 5.74) is 0.806. The van der Waals surface area contributed by atoms with Gasteiger partial charge >= 0.3 is 54.8 Å². The van der Waals surface area contributed by atoms with Crippen LogP contribution in [0.5, 0.6) is 0 Å². The predicted octanol–water partition coefficient (Wildman–Crippen LogP) is 5.13. The Kier molecular flexibility index (Phi) is 23.3. The molecule has 10 atom stereocenters. The molecule has 0 saturated carbocycles. The van der Waals surface area contributed by atoms with Gasteiger partial charge in [0.05, 0.1) is 37.7 Å². The lowest BCUT2D eigenvalue weighted by Gasteiger charge is -2.21. The van der Waals surface area contributed by atoms with Gasteiger partial charge < -0.3 is 44.1 Å². The number of nitrogens with zero attached hydrogens (tertiary/aromatic N) is 3. The molecule has 1 aromatic rings. The van der Waals surface area contributed by atoms with Crippen molar-refractivity contribution >= 4 is 54.8 Å². The molecule has 7 unspecified atom stereocenters. The maximum Gasteiger partial charge on any atom is 0.490 e. The van der Waals surface area contributed by atoms with Gasteiger partial charge in [-0.3, -0.25) is 22.8 Å². The van der Waals surface area contributed by atoms with E-state index in [-0.39, 0.29) is 19.4 Å². The van der Waals surface area contributed by atoms with E-state index in [0.717, 1.165) is 51.3 Å². The first kappa shape index (κ1) is 55.2. The summed E-state index contributed by atoms with van der Waals surface area (Å²) in [5.74, 6) is 0. The van der Waals surface area contributed by atoms with Gasteiger partial charge in [0.2, 0.25) is 0 Å². The first-order valence-corrected chi connectivity index (χ1v) is 28.2. The number of aliphatic hydroxyl groups is 1. The molecule has 59 heavy (non-hydrogen) atoms. The van der Waals surface area contributed by atoms with Crippen molar-refractivity contribution in [2.75, 3.05) is 26.9 Å². The van der Waals surface area contributed by atoms with Gasteiger partial charge in [0.1, 0.15) is 6.10 Å². The van der Waals surface area contributed by atoms with Gasteiger partial charge in [-0.25, -0.2) is 32.0 Å². The first-order valence-electron chi connectivity index (χ1n) is 17.7. The molecule has 0 spiro atoms. The molecule has 8 N–H and O–H groups in total. The van der Waals surface area contributed by atoms with E-state index in [0.29, 0.717) is 38.6 Å². The Bertz CT molecular complexity index is 1780. The highest BCUT2D eigenvalue weighted by Crippen LogP contribution is 2.75. The summed E-state index contributed by atoms with van der Waals surface area (Å²) in [6, 6.07) is 0. The van der Waals surface area contributed by atoms with Crippen LogP contribution in [0.2, 0.25) is 0 Å². The zero-order valence-electron chi connectivity index (χ0n) is 31.8. The lowest BCUT2D eigenvalue weighted by atomic mass is 10.1. The third-order valence-electron chi connectivity index (χ3n) is 7.53. The number of rotatable bonds is 33. The molecule has 1 aliphatic heterocycles. The molecule has 1 saturated heterocycles. The summed E-state index contributed by atoms with van der Waals surface area (Å²) in [6.07, 6.45) is 8.04. The Morgan fingerprint density at radius 1 is 0.627 bits per heavy atom. The molecule has 2 heterocycles. The SMILES string of the molecule is COP(=O)(O)OCCCCc1cn(CCCCCCCCCCCOP(=O)(O)OP(=O)(O)OP(=O)(O)OP(=O)(O)OP(=O)(O)OP(=O)(O)OC[C@H]2O[C@@H](C)C[C@H]2O)nn1. The van der Waals surface area contributed by atoms with Crippen molar-refractivity contribution in [3.8, 4) is 0 Å². The van der Waals surface area contributed by atoms with E-state index in [2.05, 4.69) is 45.4 Å². The van der Waals surface area contributed by atoms with Crippen molar-refractivity contribution in [3.63, 3.8) is 0 Å². The Hall–Kier alpha value is 0.0300. The minimum Gasteiger partial charge on any atom is -0.390 e. The van der Waals surface area contributed by atoms with Crippen molar-refractivity contribution in [2.45, 2.75) is 115 Å². The van der Waals surface area contributed by atoms with E-state index in [1.54, 1.807) is 11.6 Å². The predicted molar refractivity (Wildman–Crippen MR) is 199 cm³/mol. The number of aliphatic hydroxyl groups excluding tert-OH is 1. The highest BCUT2D eigenvalue weighted by Gasteiger charge is 2.49. The van der Waals surface area contributed by atoms with Crippen molar-refractivity contribution in [1.29, 1.82) is 0 Å². The number of aromatic nitrogens is 3. The van der Waals surface area contributed by atoms with E-state index in [4.69, 9.17) is 9.26 Å². The quantitative estimate of drug-likeness (QED) is 0.0334. The largest absolute Gasteiger partial charge is 0.490 e. The van der Waals surface area contributed by atoms with Crippen LogP contribution in [-0.4, -0.2) is 99.6 Å². The van der Waals surface area contributed by atoms with Gasteiger partial charge in [-0.2, -0.15) is 21.6 Å². The van der Waals surface area contributed by atoms with E-state index in [1.807, 2.05) is 6.20 Å². The molecule has 0 bridgehead atoms. The number of ether oxygens (including phenoxy) is 1. The number of unbranched alkanes of at least 4 members (excludes halogenated alkanes) is 9. The van der Waals surface area contributed by atoms with E-state index in [1.165, 1.54) is 0 Å². The Balaban J connectivity index is 1.59. The molecule has 0 aromatic carbocycles. The average Bonchev–Trinajstić information content (AvgIpc) is 3.65. The van der Waals surface area contributed by atoms with Crippen LogP contribution in [0.25, 0.3) is 0 Å². The second kappa shape index (κ2) is 24.9. The van der Waals surface area contributed by atoms with Crippen LogP contribution in [0, 0.1) is 0 Å². The standard InChI is InChI=1S/C24H52N3O25P7/c1-21-18-23(28)24(47-21)20-46-55(33,34)49-57(37,38)51-59(41,42)52-58(39,40)50-56(35,36)48-54(31,32)45-16-12-9-7-5-3-4-6-8-11-15-27-19-22(25-26-27)14-10-13-17-44-53(29,30)43-2/h19,21,23-24,28H,3-18,20H2,1-2H3,(H,29,30)(H,31,32)(H,33,34)(H,35,36)(H,37,38)(H,39,40)(H,41,42)/t21-,23+,24+/m0/s1. The maximum atomic E-state index is 12.1. The number of hydrogen-bond acceptors (Lipinski definition) is 20. The molecule has 0 radical (unpaired) electrons. The lowest BCUT2D eigenvalue weighted by Crippen LogP contribution is -2.26. The Morgan fingerprint density at radius 2 is 1.05 bits per heavy atom. The van der Waals surface area contributed by atoms with E-state index >= 15 is 0 Å². The highest BCUT2D eigenvalue weighted by atomic mass is 31.3. The number of phosphoric acid groups is 7. The monoisotopic (exact) mass is 999 g/mol. The fraction of sp³-hybridized carbons (Fsp3) is 0.917. The van der Waals surface area contributed by atoms with Gasteiger partial charge in [-0.15, -0.1) is 5.10 Å². The lowest BCUT2D eigenvalue weighted by molar-refractivity contribution is -0.0167. The second-order valence-electron chi connectivity index (χ2n) is 12.7. The second-order valence-corrected chi connectivity index (χ2v) is 23.7. The molecule has 1 aromatic heterocycles. The summed E-state index contributed by atoms with van der Waals surface area (Å²) in [4.78, 5) is 67.0. The zero-order chi connectivity index (χ0) is 44.6. The van der Waals surface area contributed by atoms with Gasteiger partial charge in [-0.05, 0) is 39.0 Å². The van der Waals surface area contributed by atoms with E-state index < -0.39 is 86.3 Å². The molecule has 1 fully saturated rings. The van der Waals surface area contributed by atoms with E-state index in [9.17, 15) is 71.3 Å². The summed E-state index contributed by atoms with van der Waals surface area (Å²) >= 11 is 0. The summed E-state index contributed by atoms with van der Waals surface area (Å²) in [5, 5.41) is 18.0. The Labute approximate surface area is 339 Å². The number of aryl methyl sites for hydroxylation is 2. The fourth-order valence-electron chi connectivity index (χ4n) is 5.01. The van der Waals surface area contributed by atoms with Crippen LogP contribution < -0.4 is 0 Å². The molecule has 35 heteroatoms. The summed E-state index contributed by atoms with van der Waals surface area (Å²) < 4.78 is 127. The first-order chi connectivity index (χ1) is 27.1. The molecule has 2 rings (SSSR count). The summed E-state index contributed by atoms with van der Waals surface area (Å²) in [7, 11) is -39.0. The van der Waals surface area contributed by atoms with Crippen molar-refractivity contribution in [1.82, 2.24) is 15.0 Å². The van der Waals surface area contributed by atoms with Crippen LogP contribution >= 0.6 is 54.8 Å².